The van der Waals surface area contributed by atoms with Gasteiger partial charge in [0, 0.05) is 0 Å². The summed E-state index contributed by atoms with van der Waals surface area (Å²) >= 11 is 0. The van der Waals surface area contributed by atoms with Gasteiger partial charge in [0.05, 0.1) is 37.2 Å². The molecular weight excluding hydrogens is 344 g/mol. The van der Waals surface area contributed by atoms with E-state index in [1.54, 1.807) is 24.3 Å². The van der Waals surface area contributed by atoms with Crippen LogP contribution in [0.15, 0.2) is 42.5 Å². The Morgan fingerprint density at radius 2 is 1.84 bits per heavy atom. The third-order valence-corrected chi connectivity index (χ3v) is 4.57. The van der Waals surface area contributed by atoms with E-state index < -0.39 is 21.7 Å². The maximum atomic E-state index is 12.4. The Kier molecular flexibility index (Phi) is 5.62. The highest BCUT2D eigenvalue weighted by molar-refractivity contribution is 7.89. The van der Waals surface area contributed by atoms with Gasteiger partial charge in [-0.05, 0) is 23.8 Å². The Balaban J connectivity index is 2.27. The van der Waals surface area contributed by atoms with Crippen molar-refractivity contribution in [1.29, 1.82) is 5.26 Å². The number of methoxy groups -OCH3 is 2. The number of carbonyl (C=O) groups excluding carboxylic acids is 1. The number of ether oxygens (including phenoxy) is 2. The van der Waals surface area contributed by atoms with Crippen LogP contribution in [0.25, 0.3) is 0 Å². The normalized spacial score (nSPS) is 10.6. The first-order valence-electron chi connectivity index (χ1n) is 7.15. The first kappa shape index (κ1) is 18.3. The molecule has 0 saturated heterocycles. The number of carbonyl (C=O) groups is 1. The number of rotatable bonds is 6. The number of nitriles is 1. The number of nitrogens with one attached hydrogen (secondary N) is 1. The minimum atomic E-state index is -4.01. The smallest absolute Gasteiger partial charge is 0.268 e. The first-order valence-corrected chi connectivity index (χ1v) is 8.81. The molecule has 0 unspecified atom stereocenters. The van der Waals surface area contributed by atoms with Gasteiger partial charge in [0.15, 0.2) is 11.5 Å². The van der Waals surface area contributed by atoms with Crippen LogP contribution in [0.2, 0.25) is 0 Å². The molecule has 0 spiro atoms. The molecule has 7 nitrogen and oxygen atoms in total. The largest absolute Gasteiger partial charge is 0.493 e. The van der Waals surface area contributed by atoms with E-state index in [1.165, 1.54) is 32.4 Å². The highest BCUT2D eigenvalue weighted by Crippen LogP contribution is 2.30. The maximum absolute atomic E-state index is 12.4. The molecule has 2 rings (SSSR count). The summed E-state index contributed by atoms with van der Waals surface area (Å²) in [4.78, 5) is 12.4. The molecule has 0 aliphatic rings. The lowest BCUT2D eigenvalue weighted by atomic mass is 10.1. The van der Waals surface area contributed by atoms with Crippen LogP contribution in [-0.4, -0.2) is 28.5 Å². The van der Waals surface area contributed by atoms with E-state index in [0.717, 1.165) is 0 Å². The van der Waals surface area contributed by atoms with Gasteiger partial charge in [0.25, 0.3) is 5.91 Å². The van der Waals surface area contributed by atoms with E-state index in [-0.39, 0.29) is 16.9 Å². The number of hydrogen-bond acceptors (Lipinski definition) is 6. The van der Waals surface area contributed by atoms with E-state index in [0.29, 0.717) is 11.3 Å². The van der Waals surface area contributed by atoms with Crippen molar-refractivity contribution in [3.63, 3.8) is 0 Å². The topological polar surface area (TPSA) is 105 Å². The first-order chi connectivity index (χ1) is 11.9. The van der Waals surface area contributed by atoms with Crippen molar-refractivity contribution in [2.24, 2.45) is 0 Å². The number of nitrogens with zero attached hydrogens (tertiary/aromatic N) is 1. The third kappa shape index (κ3) is 4.28. The van der Waals surface area contributed by atoms with Gasteiger partial charge < -0.3 is 9.47 Å². The minimum Gasteiger partial charge on any atom is -0.493 e. The SMILES string of the molecule is COc1cccc(C(=O)NS(=O)(=O)Cc2ccccc2C#N)c1OC. The molecule has 0 aliphatic carbocycles. The van der Waals surface area contributed by atoms with Gasteiger partial charge in [-0.2, -0.15) is 5.26 Å². The Morgan fingerprint density at radius 1 is 1.12 bits per heavy atom. The molecule has 0 aromatic heterocycles. The average Bonchev–Trinajstić information content (AvgIpc) is 2.60. The molecule has 0 heterocycles. The molecule has 0 atom stereocenters. The van der Waals surface area contributed by atoms with Crippen molar-refractivity contribution in [2.75, 3.05) is 14.2 Å². The van der Waals surface area contributed by atoms with Crippen LogP contribution in [0.5, 0.6) is 11.5 Å². The zero-order chi connectivity index (χ0) is 18.4. The number of hydrogen-bond donors (Lipinski definition) is 1. The van der Waals surface area contributed by atoms with Crippen LogP contribution in [0.1, 0.15) is 21.5 Å². The summed E-state index contributed by atoms with van der Waals surface area (Å²) in [6, 6.07) is 12.8. The molecule has 1 N–H and O–H groups in total. The summed E-state index contributed by atoms with van der Waals surface area (Å²) < 4.78 is 36.8. The summed E-state index contributed by atoms with van der Waals surface area (Å²) in [5, 5.41) is 9.04. The van der Waals surface area contributed by atoms with Gasteiger partial charge in [0.1, 0.15) is 0 Å². The average molecular weight is 360 g/mol. The summed E-state index contributed by atoms with van der Waals surface area (Å²) in [6.45, 7) is 0. The fraction of sp³-hybridized carbons (Fsp3) is 0.176. The number of benzene rings is 2. The van der Waals surface area contributed by atoms with Gasteiger partial charge in [-0.3, -0.25) is 4.79 Å². The molecule has 2 aromatic carbocycles. The molecule has 0 bridgehead atoms. The number of sulfonamides is 1. The van der Waals surface area contributed by atoms with Crippen LogP contribution in [0, 0.1) is 11.3 Å². The highest BCUT2D eigenvalue weighted by Gasteiger charge is 2.22. The monoisotopic (exact) mass is 360 g/mol. The fourth-order valence-electron chi connectivity index (χ4n) is 2.26. The molecule has 130 valence electrons. The van der Waals surface area contributed by atoms with Crippen molar-refractivity contribution >= 4 is 15.9 Å². The molecule has 8 heteroatoms. The van der Waals surface area contributed by atoms with Crippen molar-refractivity contribution in [1.82, 2.24) is 4.72 Å². The minimum absolute atomic E-state index is 0.0268. The zero-order valence-corrected chi connectivity index (χ0v) is 14.5. The predicted molar refractivity (Wildman–Crippen MR) is 90.8 cm³/mol. The van der Waals surface area contributed by atoms with Crippen molar-refractivity contribution in [3.8, 4) is 17.6 Å². The molecular formula is C17H16N2O5S. The lowest BCUT2D eigenvalue weighted by molar-refractivity contribution is 0.0977. The lowest BCUT2D eigenvalue weighted by Crippen LogP contribution is -2.32. The highest BCUT2D eigenvalue weighted by atomic mass is 32.2. The quantitative estimate of drug-likeness (QED) is 0.842. The Labute approximate surface area is 145 Å². The number of amides is 1. The summed E-state index contributed by atoms with van der Waals surface area (Å²) in [5.74, 6) is -0.892. The second kappa shape index (κ2) is 7.68. The third-order valence-electron chi connectivity index (χ3n) is 3.38. The molecule has 0 saturated carbocycles. The van der Waals surface area contributed by atoms with Crippen LogP contribution >= 0.6 is 0 Å². The van der Waals surface area contributed by atoms with Crippen LogP contribution in [0.4, 0.5) is 0 Å². The molecule has 0 fully saturated rings. The van der Waals surface area contributed by atoms with E-state index in [2.05, 4.69) is 0 Å². The van der Waals surface area contributed by atoms with Gasteiger partial charge in [-0.25, -0.2) is 13.1 Å². The van der Waals surface area contributed by atoms with Crippen molar-refractivity contribution in [3.05, 3.63) is 59.2 Å². The van der Waals surface area contributed by atoms with Crippen molar-refractivity contribution in [2.45, 2.75) is 5.75 Å². The standard InChI is InChI=1S/C17H16N2O5S/c1-23-15-9-5-8-14(16(15)24-2)17(20)19-25(21,22)11-13-7-4-3-6-12(13)10-18/h3-9H,11H2,1-2H3,(H,19,20). The van der Waals surface area contributed by atoms with E-state index >= 15 is 0 Å². The second-order valence-corrected chi connectivity index (χ2v) is 6.72. The second-order valence-electron chi connectivity index (χ2n) is 5.00. The Hall–Kier alpha value is -3.05. The van der Waals surface area contributed by atoms with E-state index in [1.807, 2.05) is 10.8 Å². The van der Waals surface area contributed by atoms with E-state index in [9.17, 15) is 13.2 Å². The number of para-hydroxylation sites is 1. The lowest BCUT2D eigenvalue weighted by Gasteiger charge is -2.13. The zero-order valence-electron chi connectivity index (χ0n) is 13.6. The summed E-state index contributed by atoms with van der Waals surface area (Å²) in [6.07, 6.45) is 0. The molecule has 0 aliphatic heterocycles. The maximum Gasteiger partial charge on any atom is 0.268 e. The van der Waals surface area contributed by atoms with Gasteiger partial charge in [-0.15, -0.1) is 0 Å². The Morgan fingerprint density at radius 3 is 2.48 bits per heavy atom. The molecule has 1 amide bonds. The van der Waals surface area contributed by atoms with Crippen LogP contribution in [0.3, 0.4) is 0 Å². The molecule has 25 heavy (non-hydrogen) atoms. The fourth-order valence-corrected chi connectivity index (χ4v) is 3.38. The van der Waals surface area contributed by atoms with Gasteiger partial charge >= 0.3 is 0 Å². The van der Waals surface area contributed by atoms with Crippen LogP contribution < -0.4 is 14.2 Å². The Bertz CT molecular complexity index is 932. The van der Waals surface area contributed by atoms with Gasteiger partial charge in [-0.1, -0.05) is 24.3 Å². The van der Waals surface area contributed by atoms with Gasteiger partial charge in [0.2, 0.25) is 10.0 Å². The predicted octanol–water partition coefficient (Wildman–Crippen LogP) is 1.84. The summed E-state index contributed by atoms with van der Waals surface area (Å²) in [5.41, 5.74) is 0.571. The summed E-state index contributed by atoms with van der Waals surface area (Å²) in [7, 11) is -1.24. The van der Waals surface area contributed by atoms with Crippen LogP contribution in [-0.2, 0) is 15.8 Å². The van der Waals surface area contributed by atoms with E-state index in [4.69, 9.17) is 14.7 Å². The van der Waals surface area contributed by atoms with Crippen molar-refractivity contribution < 1.29 is 22.7 Å². The molecule has 0 radical (unpaired) electrons. The molecule has 2 aromatic rings.